The molecule has 0 aromatic heterocycles. The van der Waals surface area contributed by atoms with E-state index in [9.17, 15) is 4.79 Å². The summed E-state index contributed by atoms with van der Waals surface area (Å²) in [5.74, 6) is 1.51. The fourth-order valence-corrected chi connectivity index (χ4v) is 2.53. The van der Waals surface area contributed by atoms with Crippen LogP contribution in [-0.2, 0) is 4.79 Å². The standard InChI is InChI=1S/C17H17NO3/c1-18-17(19)10-14(12-5-3-2-4-6-12)13-7-8-15-16(9-13)21-11-20-15/h2-9,14H,10-11H2,1H3,(H,18,19)/t14-/m1/s1. The zero-order valence-corrected chi connectivity index (χ0v) is 11.8. The van der Waals surface area contributed by atoms with E-state index < -0.39 is 0 Å². The number of nitrogens with one attached hydrogen (secondary N) is 1. The van der Waals surface area contributed by atoms with Crippen molar-refractivity contribution in [3.8, 4) is 11.5 Å². The van der Waals surface area contributed by atoms with Crippen molar-refractivity contribution in [1.82, 2.24) is 5.32 Å². The fraction of sp³-hybridized carbons (Fsp3) is 0.235. The Kier molecular flexibility index (Phi) is 3.77. The molecular formula is C17H17NO3. The molecule has 1 amide bonds. The molecule has 4 nitrogen and oxygen atoms in total. The molecule has 21 heavy (non-hydrogen) atoms. The van der Waals surface area contributed by atoms with Crippen molar-refractivity contribution in [3.05, 3.63) is 59.7 Å². The van der Waals surface area contributed by atoms with Crippen LogP contribution in [0.3, 0.4) is 0 Å². The first kappa shape index (κ1) is 13.5. The van der Waals surface area contributed by atoms with Gasteiger partial charge in [0.1, 0.15) is 0 Å². The number of hydrogen-bond donors (Lipinski definition) is 1. The van der Waals surface area contributed by atoms with Gasteiger partial charge in [-0.1, -0.05) is 36.4 Å². The van der Waals surface area contributed by atoms with Crippen molar-refractivity contribution in [1.29, 1.82) is 0 Å². The Morgan fingerprint density at radius 3 is 2.62 bits per heavy atom. The second-order valence-corrected chi connectivity index (χ2v) is 4.95. The van der Waals surface area contributed by atoms with Gasteiger partial charge >= 0.3 is 0 Å². The lowest BCUT2D eigenvalue weighted by Gasteiger charge is -2.17. The van der Waals surface area contributed by atoms with E-state index in [0.717, 1.165) is 22.6 Å². The largest absolute Gasteiger partial charge is 0.454 e. The van der Waals surface area contributed by atoms with Crippen molar-refractivity contribution >= 4 is 5.91 Å². The molecule has 0 spiro atoms. The Morgan fingerprint density at radius 2 is 1.86 bits per heavy atom. The third-order valence-electron chi connectivity index (χ3n) is 3.67. The van der Waals surface area contributed by atoms with Gasteiger partial charge in [0.15, 0.2) is 11.5 Å². The van der Waals surface area contributed by atoms with Gasteiger partial charge in [0.05, 0.1) is 0 Å². The molecule has 2 aromatic carbocycles. The van der Waals surface area contributed by atoms with Crippen molar-refractivity contribution in [3.63, 3.8) is 0 Å². The quantitative estimate of drug-likeness (QED) is 0.938. The molecule has 108 valence electrons. The van der Waals surface area contributed by atoms with Crippen molar-refractivity contribution in [2.75, 3.05) is 13.8 Å². The summed E-state index contributed by atoms with van der Waals surface area (Å²) < 4.78 is 10.8. The van der Waals surface area contributed by atoms with Gasteiger partial charge in [-0.15, -0.1) is 0 Å². The highest BCUT2D eigenvalue weighted by molar-refractivity contribution is 5.77. The third kappa shape index (κ3) is 2.84. The second-order valence-electron chi connectivity index (χ2n) is 4.95. The molecule has 1 atom stereocenters. The first-order chi connectivity index (χ1) is 10.3. The SMILES string of the molecule is CNC(=O)C[C@H](c1ccccc1)c1ccc2c(c1)OCO2. The predicted molar refractivity (Wildman–Crippen MR) is 79.5 cm³/mol. The van der Waals surface area contributed by atoms with E-state index in [1.54, 1.807) is 7.05 Å². The lowest BCUT2D eigenvalue weighted by molar-refractivity contribution is -0.120. The Labute approximate surface area is 123 Å². The van der Waals surface area contributed by atoms with Gasteiger partial charge in [-0.25, -0.2) is 0 Å². The fourth-order valence-electron chi connectivity index (χ4n) is 2.53. The molecule has 0 bridgehead atoms. The highest BCUT2D eigenvalue weighted by Gasteiger charge is 2.21. The number of carbonyl (C=O) groups excluding carboxylic acids is 1. The van der Waals surface area contributed by atoms with E-state index in [1.807, 2.05) is 48.5 Å². The van der Waals surface area contributed by atoms with Crippen molar-refractivity contribution in [2.24, 2.45) is 0 Å². The minimum Gasteiger partial charge on any atom is -0.454 e. The lowest BCUT2D eigenvalue weighted by atomic mass is 9.88. The summed E-state index contributed by atoms with van der Waals surface area (Å²) in [7, 11) is 1.66. The number of amides is 1. The van der Waals surface area contributed by atoms with Crippen LogP contribution >= 0.6 is 0 Å². The van der Waals surface area contributed by atoms with Gasteiger partial charge in [-0.3, -0.25) is 4.79 Å². The summed E-state index contributed by atoms with van der Waals surface area (Å²) in [5, 5.41) is 2.69. The van der Waals surface area contributed by atoms with Gasteiger partial charge in [0.25, 0.3) is 0 Å². The second kappa shape index (κ2) is 5.87. The van der Waals surface area contributed by atoms with Gasteiger partial charge in [-0.2, -0.15) is 0 Å². The average molecular weight is 283 g/mol. The minimum absolute atomic E-state index is 0.000602. The molecule has 1 aliphatic heterocycles. The van der Waals surface area contributed by atoms with Gasteiger partial charge in [-0.05, 0) is 23.3 Å². The number of ether oxygens (including phenoxy) is 2. The van der Waals surface area contributed by atoms with Crippen molar-refractivity contribution < 1.29 is 14.3 Å². The van der Waals surface area contributed by atoms with Crippen LogP contribution in [0.1, 0.15) is 23.5 Å². The number of rotatable bonds is 4. The molecular weight excluding hydrogens is 266 g/mol. The molecule has 2 aromatic rings. The van der Waals surface area contributed by atoms with Crippen LogP contribution in [0.25, 0.3) is 0 Å². The monoisotopic (exact) mass is 283 g/mol. The van der Waals surface area contributed by atoms with E-state index in [-0.39, 0.29) is 18.6 Å². The molecule has 0 saturated heterocycles. The molecule has 1 heterocycles. The van der Waals surface area contributed by atoms with Gasteiger partial charge < -0.3 is 14.8 Å². The van der Waals surface area contributed by atoms with Crippen LogP contribution in [-0.4, -0.2) is 19.7 Å². The molecule has 1 aliphatic rings. The van der Waals surface area contributed by atoms with Crippen LogP contribution in [0.4, 0.5) is 0 Å². The van der Waals surface area contributed by atoms with Gasteiger partial charge in [0.2, 0.25) is 12.7 Å². The summed E-state index contributed by atoms with van der Waals surface area (Å²) in [6, 6.07) is 15.9. The smallest absolute Gasteiger partial charge is 0.231 e. The van der Waals surface area contributed by atoms with Crippen molar-refractivity contribution in [2.45, 2.75) is 12.3 Å². The van der Waals surface area contributed by atoms with E-state index in [2.05, 4.69) is 5.32 Å². The number of benzene rings is 2. The van der Waals surface area contributed by atoms with Crippen LogP contribution in [0.2, 0.25) is 0 Å². The molecule has 3 rings (SSSR count). The summed E-state index contributed by atoms with van der Waals surface area (Å²) >= 11 is 0. The number of fused-ring (bicyclic) bond motifs is 1. The van der Waals surface area contributed by atoms with E-state index in [0.29, 0.717) is 6.42 Å². The number of carbonyl (C=O) groups is 1. The normalized spacial score (nSPS) is 13.8. The van der Waals surface area contributed by atoms with Gasteiger partial charge in [0, 0.05) is 19.4 Å². The molecule has 0 saturated carbocycles. The molecule has 1 N–H and O–H groups in total. The highest BCUT2D eigenvalue weighted by atomic mass is 16.7. The summed E-state index contributed by atoms with van der Waals surface area (Å²) in [6.45, 7) is 0.254. The van der Waals surface area contributed by atoms with Crippen LogP contribution < -0.4 is 14.8 Å². The Bertz CT molecular complexity index is 640. The molecule has 0 aliphatic carbocycles. The zero-order valence-electron chi connectivity index (χ0n) is 11.8. The third-order valence-corrected chi connectivity index (χ3v) is 3.67. The van der Waals surface area contributed by atoms with E-state index in [4.69, 9.17) is 9.47 Å². The summed E-state index contributed by atoms with van der Waals surface area (Å²) in [5.41, 5.74) is 2.16. The maximum atomic E-state index is 11.8. The predicted octanol–water partition coefficient (Wildman–Crippen LogP) is 2.68. The summed E-state index contributed by atoms with van der Waals surface area (Å²) in [6.07, 6.45) is 0.403. The number of hydrogen-bond acceptors (Lipinski definition) is 3. The highest BCUT2D eigenvalue weighted by Crippen LogP contribution is 2.37. The molecule has 4 heteroatoms. The Balaban J connectivity index is 1.96. The topological polar surface area (TPSA) is 47.6 Å². The van der Waals surface area contributed by atoms with E-state index in [1.165, 1.54) is 0 Å². The maximum Gasteiger partial charge on any atom is 0.231 e. The zero-order chi connectivity index (χ0) is 14.7. The first-order valence-corrected chi connectivity index (χ1v) is 6.93. The Hall–Kier alpha value is -2.49. The summed E-state index contributed by atoms with van der Waals surface area (Å²) in [4.78, 5) is 11.8. The van der Waals surface area contributed by atoms with Crippen LogP contribution in [0.15, 0.2) is 48.5 Å². The van der Waals surface area contributed by atoms with Crippen LogP contribution in [0.5, 0.6) is 11.5 Å². The molecule has 0 fully saturated rings. The minimum atomic E-state index is 0.000602. The maximum absolute atomic E-state index is 11.8. The molecule has 0 unspecified atom stereocenters. The molecule has 0 radical (unpaired) electrons. The lowest BCUT2D eigenvalue weighted by Crippen LogP contribution is -2.21. The first-order valence-electron chi connectivity index (χ1n) is 6.93. The Morgan fingerprint density at radius 1 is 1.10 bits per heavy atom. The average Bonchev–Trinajstić information content (AvgIpc) is 3.00. The van der Waals surface area contributed by atoms with Crippen LogP contribution in [0, 0.1) is 0 Å². The van der Waals surface area contributed by atoms with E-state index >= 15 is 0 Å².